The maximum Gasteiger partial charge on any atom is 0.292 e. The molecular weight excluding hydrogens is 358 g/mol. The zero-order chi connectivity index (χ0) is 19.3. The van der Waals surface area contributed by atoms with Crippen molar-refractivity contribution in [3.63, 3.8) is 0 Å². The standard InChI is InChI=1S/C20H17N5O3/c1-11-9-17(22-19(27)16-10-12-5-2-3-8-15(12)28-16)25(24-11)20-21-14-7-4-6-13(14)18(26)23-20/h2-3,5,8-10H,4,6-7H2,1H3,(H,22,27)(H,21,23,26). The van der Waals surface area contributed by atoms with E-state index in [1.807, 2.05) is 18.2 Å². The third-order valence-electron chi connectivity index (χ3n) is 4.85. The molecule has 0 saturated carbocycles. The highest BCUT2D eigenvalue weighted by Crippen LogP contribution is 2.22. The van der Waals surface area contributed by atoms with Crippen molar-refractivity contribution < 1.29 is 9.21 Å². The molecule has 2 N–H and O–H groups in total. The predicted molar refractivity (Wildman–Crippen MR) is 103 cm³/mol. The van der Waals surface area contributed by atoms with Crippen molar-refractivity contribution in [1.29, 1.82) is 0 Å². The molecule has 3 aromatic heterocycles. The first-order chi connectivity index (χ1) is 13.6. The molecule has 1 aliphatic carbocycles. The molecule has 0 spiro atoms. The number of anilines is 1. The van der Waals surface area contributed by atoms with Gasteiger partial charge in [-0.15, -0.1) is 0 Å². The van der Waals surface area contributed by atoms with Crippen LogP contribution in [0.1, 0.15) is 33.9 Å². The van der Waals surface area contributed by atoms with Crippen molar-refractivity contribution in [2.24, 2.45) is 0 Å². The Morgan fingerprint density at radius 3 is 2.96 bits per heavy atom. The number of para-hydroxylation sites is 1. The van der Waals surface area contributed by atoms with E-state index in [9.17, 15) is 9.59 Å². The van der Waals surface area contributed by atoms with Crippen LogP contribution in [-0.2, 0) is 12.8 Å². The van der Waals surface area contributed by atoms with E-state index in [-0.39, 0.29) is 11.3 Å². The molecule has 140 valence electrons. The predicted octanol–water partition coefficient (Wildman–Crippen LogP) is 2.75. The van der Waals surface area contributed by atoms with Crippen LogP contribution in [0.25, 0.3) is 16.9 Å². The molecule has 5 rings (SSSR count). The summed E-state index contributed by atoms with van der Waals surface area (Å²) in [5, 5.41) is 8.02. The Morgan fingerprint density at radius 1 is 1.25 bits per heavy atom. The molecule has 0 bridgehead atoms. The summed E-state index contributed by atoms with van der Waals surface area (Å²) in [6.07, 6.45) is 2.43. The van der Waals surface area contributed by atoms with E-state index >= 15 is 0 Å². The molecule has 0 radical (unpaired) electrons. The van der Waals surface area contributed by atoms with Gasteiger partial charge in [-0.3, -0.25) is 14.6 Å². The van der Waals surface area contributed by atoms with Crippen LogP contribution in [0.3, 0.4) is 0 Å². The summed E-state index contributed by atoms with van der Waals surface area (Å²) in [6, 6.07) is 10.8. The molecule has 0 saturated heterocycles. The van der Waals surface area contributed by atoms with Gasteiger partial charge < -0.3 is 9.73 Å². The zero-order valence-electron chi connectivity index (χ0n) is 15.2. The summed E-state index contributed by atoms with van der Waals surface area (Å²) in [5.74, 6) is 0.491. The van der Waals surface area contributed by atoms with Gasteiger partial charge in [-0.1, -0.05) is 18.2 Å². The van der Waals surface area contributed by atoms with Gasteiger partial charge in [-0.25, -0.2) is 4.98 Å². The van der Waals surface area contributed by atoms with Gasteiger partial charge in [-0.2, -0.15) is 9.78 Å². The van der Waals surface area contributed by atoms with Gasteiger partial charge in [0.1, 0.15) is 11.4 Å². The quantitative estimate of drug-likeness (QED) is 0.573. The Bertz CT molecular complexity index is 1250. The number of hydrogen-bond acceptors (Lipinski definition) is 5. The molecule has 1 amide bonds. The largest absolute Gasteiger partial charge is 0.451 e. The molecule has 0 fully saturated rings. The van der Waals surface area contributed by atoms with Crippen LogP contribution in [0.2, 0.25) is 0 Å². The van der Waals surface area contributed by atoms with Crippen LogP contribution in [0, 0.1) is 6.92 Å². The summed E-state index contributed by atoms with van der Waals surface area (Å²) in [5.41, 5.74) is 2.70. The minimum atomic E-state index is -0.402. The van der Waals surface area contributed by atoms with E-state index in [0.29, 0.717) is 23.0 Å². The van der Waals surface area contributed by atoms with Gasteiger partial charge in [0.05, 0.1) is 11.4 Å². The van der Waals surface area contributed by atoms with Crippen LogP contribution in [0.15, 0.2) is 45.6 Å². The minimum absolute atomic E-state index is 0.153. The number of furan rings is 1. The highest BCUT2D eigenvalue weighted by molar-refractivity contribution is 6.04. The van der Waals surface area contributed by atoms with Gasteiger partial charge in [0, 0.05) is 17.0 Å². The van der Waals surface area contributed by atoms with E-state index in [1.54, 1.807) is 25.1 Å². The molecule has 0 atom stereocenters. The minimum Gasteiger partial charge on any atom is -0.451 e. The maximum atomic E-state index is 12.7. The molecule has 1 aliphatic rings. The van der Waals surface area contributed by atoms with Crippen molar-refractivity contribution in [1.82, 2.24) is 19.7 Å². The lowest BCUT2D eigenvalue weighted by Crippen LogP contribution is -2.21. The Kier molecular flexibility index (Phi) is 3.65. The number of nitrogens with zero attached hydrogens (tertiary/aromatic N) is 3. The Morgan fingerprint density at radius 2 is 2.11 bits per heavy atom. The number of benzene rings is 1. The topological polar surface area (TPSA) is 106 Å². The second-order valence-electron chi connectivity index (χ2n) is 6.85. The maximum absolute atomic E-state index is 12.7. The number of carbonyl (C=O) groups excluding carboxylic acids is 1. The average Bonchev–Trinajstić information content (AvgIpc) is 3.39. The molecule has 0 aliphatic heterocycles. The third-order valence-corrected chi connectivity index (χ3v) is 4.85. The monoisotopic (exact) mass is 375 g/mol. The van der Waals surface area contributed by atoms with Crippen LogP contribution in [0.4, 0.5) is 5.82 Å². The molecule has 4 aromatic rings. The summed E-state index contributed by atoms with van der Waals surface area (Å²) in [6.45, 7) is 1.80. The Balaban J connectivity index is 1.51. The smallest absolute Gasteiger partial charge is 0.292 e. The van der Waals surface area contributed by atoms with Crippen molar-refractivity contribution >= 4 is 22.7 Å². The number of rotatable bonds is 3. The summed E-state index contributed by atoms with van der Waals surface area (Å²) in [7, 11) is 0. The number of H-pyrrole nitrogens is 1. The van der Waals surface area contributed by atoms with Crippen LogP contribution in [-0.4, -0.2) is 25.7 Å². The summed E-state index contributed by atoms with van der Waals surface area (Å²) < 4.78 is 7.06. The fourth-order valence-corrected chi connectivity index (χ4v) is 3.55. The van der Waals surface area contributed by atoms with Crippen molar-refractivity contribution in [2.45, 2.75) is 26.2 Å². The summed E-state index contributed by atoms with van der Waals surface area (Å²) >= 11 is 0. The number of aromatic nitrogens is 4. The average molecular weight is 375 g/mol. The molecule has 8 heteroatoms. The number of carbonyl (C=O) groups is 1. The van der Waals surface area contributed by atoms with Crippen LogP contribution in [0.5, 0.6) is 0 Å². The first kappa shape index (κ1) is 16.5. The van der Waals surface area contributed by atoms with Crippen molar-refractivity contribution in [2.75, 3.05) is 5.32 Å². The van der Waals surface area contributed by atoms with Crippen LogP contribution < -0.4 is 10.9 Å². The molecule has 28 heavy (non-hydrogen) atoms. The SMILES string of the molecule is Cc1cc(NC(=O)c2cc3ccccc3o2)n(-c2nc3c(c(=O)[nH]2)CCC3)n1. The van der Waals surface area contributed by atoms with E-state index in [2.05, 4.69) is 20.4 Å². The normalized spacial score (nSPS) is 13.0. The number of amides is 1. The lowest BCUT2D eigenvalue weighted by atomic mass is 10.2. The molecule has 3 heterocycles. The Hall–Kier alpha value is -3.68. The molecular formula is C20H17N5O3. The highest BCUT2D eigenvalue weighted by atomic mass is 16.3. The van der Waals surface area contributed by atoms with Gasteiger partial charge >= 0.3 is 0 Å². The van der Waals surface area contributed by atoms with E-state index in [0.717, 1.165) is 35.9 Å². The Labute approximate surface area is 159 Å². The second kappa shape index (κ2) is 6.19. The molecule has 8 nitrogen and oxygen atoms in total. The van der Waals surface area contributed by atoms with Gasteiger partial charge in [0.15, 0.2) is 5.76 Å². The van der Waals surface area contributed by atoms with Crippen molar-refractivity contribution in [3.8, 4) is 5.95 Å². The van der Waals surface area contributed by atoms with E-state index < -0.39 is 5.91 Å². The number of nitrogens with one attached hydrogen (secondary N) is 2. The molecule has 1 aromatic carbocycles. The fourth-order valence-electron chi connectivity index (χ4n) is 3.55. The first-order valence-electron chi connectivity index (χ1n) is 9.07. The third kappa shape index (κ3) is 2.70. The van der Waals surface area contributed by atoms with Crippen LogP contribution >= 0.6 is 0 Å². The summed E-state index contributed by atoms with van der Waals surface area (Å²) in [4.78, 5) is 32.3. The molecule has 0 unspecified atom stereocenters. The highest BCUT2D eigenvalue weighted by Gasteiger charge is 2.21. The lowest BCUT2D eigenvalue weighted by molar-refractivity contribution is 0.0998. The van der Waals surface area contributed by atoms with Gasteiger partial charge in [0.25, 0.3) is 11.5 Å². The van der Waals surface area contributed by atoms with E-state index in [1.165, 1.54) is 4.68 Å². The number of hydrogen-bond donors (Lipinski definition) is 2. The number of aromatic amines is 1. The van der Waals surface area contributed by atoms with Gasteiger partial charge in [0.2, 0.25) is 5.95 Å². The number of fused-ring (bicyclic) bond motifs is 2. The number of aryl methyl sites for hydroxylation is 2. The van der Waals surface area contributed by atoms with E-state index in [4.69, 9.17) is 4.42 Å². The lowest BCUT2D eigenvalue weighted by Gasteiger charge is -2.08. The fraction of sp³-hybridized carbons (Fsp3) is 0.200. The van der Waals surface area contributed by atoms with Gasteiger partial charge in [-0.05, 0) is 38.3 Å². The zero-order valence-corrected chi connectivity index (χ0v) is 15.2. The second-order valence-corrected chi connectivity index (χ2v) is 6.85. The first-order valence-corrected chi connectivity index (χ1v) is 9.07. The van der Waals surface area contributed by atoms with Crippen molar-refractivity contribution in [3.05, 3.63) is 69.5 Å².